The van der Waals surface area contributed by atoms with E-state index in [9.17, 15) is 4.79 Å². The number of hydrogen-bond acceptors (Lipinski definition) is 3. The second-order valence-electron chi connectivity index (χ2n) is 4.94. The van der Waals surface area contributed by atoms with Crippen LogP contribution in [0.25, 0.3) is 11.2 Å². The van der Waals surface area contributed by atoms with Gasteiger partial charge >= 0.3 is 0 Å². The minimum atomic E-state index is 0.0145. The number of carbonyl (C=O) groups excluding carboxylic acids is 1. The molecule has 0 fully saturated rings. The van der Waals surface area contributed by atoms with Gasteiger partial charge in [0.05, 0.1) is 10.9 Å². The Labute approximate surface area is 133 Å². The van der Waals surface area contributed by atoms with Crippen LogP contribution >= 0.6 is 23.2 Å². The van der Waals surface area contributed by atoms with E-state index in [-0.39, 0.29) is 17.8 Å². The summed E-state index contributed by atoms with van der Waals surface area (Å²) in [5, 5.41) is 3.47. The van der Waals surface area contributed by atoms with Gasteiger partial charge in [-0.2, -0.15) is 0 Å². The van der Waals surface area contributed by atoms with Gasteiger partial charge in [-0.05, 0) is 19.4 Å². The fourth-order valence-corrected chi connectivity index (χ4v) is 2.39. The number of pyridine rings is 1. The maximum Gasteiger partial charge on any atom is 0.222 e. The molecule has 0 saturated heterocycles. The van der Waals surface area contributed by atoms with Crippen molar-refractivity contribution in [3.05, 3.63) is 23.1 Å². The highest BCUT2D eigenvalue weighted by atomic mass is 35.5. The summed E-state index contributed by atoms with van der Waals surface area (Å²) in [4.78, 5) is 20.6. The van der Waals surface area contributed by atoms with E-state index < -0.39 is 0 Å². The van der Waals surface area contributed by atoms with Crippen LogP contribution in [-0.2, 0) is 17.2 Å². The van der Waals surface area contributed by atoms with Crippen molar-refractivity contribution in [3.8, 4) is 0 Å². The van der Waals surface area contributed by atoms with Crippen molar-refractivity contribution < 1.29 is 4.79 Å². The number of alkyl halides is 1. The van der Waals surface area contributed by atoms with Gasteiger partial charge in [0.1, 0.15) is 11.3 Å². The third-order valence-corrected chi connectivity index (χ3v) is 3.78. The van der Waals surface area contributed by atoms with Gasteiger partial charge in [0.25, 0.3) is 0 Å². The summed E-state index contributed by atoms with van der Waals surface area (Å²) in [6.07, 6.45) is 2.84. The summed E-state index contributed by atoms with van der Waals surface area (Å²) in [5.74, 6) is 0.972. The van der Waals surface area contributed by atoms with E-state index in [0.717, 1.165) is 6.42 Å². The van der Waals surface area contributed by atoms with Crippen LogP contribution in [0.3, 0.4) is 0 Å². The number of rotatable bonds is 6. The fourth-order valence-electron chi connectivity index (χ4n) is 2.03. The van der Waals surface area contributed by atoms with Gasteiger partial charge in [-0.3, -0.25) is 4.79 Å². The maximum absolute atomic E-state index is 11.9. The first-order valence-corrected chi connectivity index (χ1v) is 7.82. The van der Waals surface area contributed by atoms with Gasteiger partial charge in [-0.1, -0.05) is 18.5 Å². The van der Waals surface area contributed by atoms with E-state index in [0.29, 0.717) is 35.0 Å². The molecule has 0 aliphatic carbocycles. The molecule has 0 aliphatic rings. The molecule has 7 heteroatoms. The van der Waals surface area contributed by atoms with Crippen molar-refractivity contribution in [1.82, 2.24) is 19.9 Å². The summed E-state index contributed by atoms with van der Waals surface area (Å²) >= 11 is 11.8. The van der Waals surface area contributed by atoms with Crippen molar-refractivity contribution in [1.29, 1.82) is 0 Å². The zero-order valence-corrected chi connectivity index (χ0v) is 13.6. The Bertz CT molecular complexity index is 641. The number of aryl methyl sites for hydroxylation is 1. The Balaban J connectivity index is 2.15. The number of hydrogen-bond donors (Lipinski definition) is 1. The molecule has 0 aromatic carbocycles. The number of nitrogens with one attached hydrogen (secondary N) is 1. The summed E-state index contributed by atoms with van der Waals surface area (Å²) in [6.45, 7) is 4.52. The smallest absolute Gasteiger partial charge is 0.222 e. The zero-order chi connectivity index (χ0) is 15.4. The molecule has 1 unspecified atom stereocenters. The highest BCUT2D eigenvalue weighted by Gasteiger charge is 2.13. The second-order valence-corrected chi connectivity index (χ2v) is 5.64. The summed E-state index contributed by atoms with van der Waals surface area (Å²) in [5.41, 5.74) is 1.40. The van der Waals surface area contributed by atoms with Crippen molar-refractivity contribution in [2.24, 2.45) is 0 Å². The Hall–Kier alpha value is -1.33. The lowest BCUT2D eigenvalue weighted by atomic mass is 10.2. The summed E-state index contributed by atoms with van der Waals surface area (Å²) in [7, 11) is 0. The number of amides is 1. The van der Waals surface area contributed by atoms with Gasteiger partial charge in [0, 0.05) is 25.2 Å². The molecule has 114 valence electrons. The molecule has 1 atom stereocenters. The monoisotopic (exact) mass is 328 g/mol. The van der Waals surface area contributed by atoms with Crippen LogP contribution in [0, 0.1) is 0 Å². The molecule has 0 saturated carbocycles. The van der Waals surface area contributed by atoms with E-state index in [2.05, 4.69) is 15.3 Å². The van der Waals surface area contributed by atoms with Crippen molar-refractivity contribution >= 4 is 40.3 Å². The lowest BCUT2D eigenvalue weighted by molar-refractivity contribution is -0.121. The first kappa shape index (κ1) is 16.0. The standard InChI is InChI=1S/C14H18Cl2N4O/c1-3-9(2)18-13(21)4-5-20-12(7-15)19-11-6-10(16)8-17-14(11)20/h6,8-9H,3-5,7H2,1-2H3,(H,18,21). The summed E-state index contributed by atoms with van der Waals surface area (Å²) in [6, 6.07) is 1.93. The Morgan fingerprint density at radius 3 is 2.95 bits per heavy atom. The lowest BCUT2D eigenvalue weighted by Crippen LogP contribution is -2.32. The average Bonchev–Trinajstić information content (AvgIpc) is 2.81. The van der Waals surface area contributed by atoms with Gasteiger partial charge in [0.2, 0.25) is 5.91 Å². The molecule has 1 N–H and O–H groups in total. The quantitative estimate of drug-likeness (QED) is 0.829. The van der Waals surface area contributed by atoms with E-state index in [1.807, 2.05) is 18.4 Å². The molecule has 2 rings (SSSR count). The number of aromatic nitrogens is 3. The third kappa shape index (κ3) is 3.86. The predicted molar refractivity (Wildman–Crippen MR) is 84.6 cm³/mol. The topological polar surface area (TPSA) is 59.8 Å². The molecule has 5 nitrogen and oxygen atoms in total. The van der Waals surface area contributed by atoms with E-state index in [4.69, 9.17) is 23.2 Å². The van der Waals surface area contributed by atoms with Gasteiger partial charge in [-0.25, -0.2) is 9.97 Å². The van der Waals surface area contributed by atoms with Gasteiger partial charge < -0.3 is 9.88 Å². The normalized spacial score (nSPS) is 12.6. The fraction of sp³-hybridized carbons (Fsp3) is 0.500. The molecule has 0 aliphatic heterocycles. The number of nitrogens with zero attached hydrogens (tertiary/aromatic N) is 3. The molecule has 0 bridgehead atoms. The molecule has 2 heterocycles. The number of fused-ring (bicyclic) bond motifs is 1. The third-order valence-electron chi connectivity index (χ3n) is 3.33. The minimum absolute atomic E-state index is 0.0145. The number of halogens is 2. The Morgan fingerprint density at radius 1 is 1.52 bits per heavy atom. The molecule has 0 radical (unpaired) electrons. The first-order chi connectivity index (χ1) is 10.0. The number of imidazole rings is 1. The SMILES string of the molecule is CCC(C)NC(=O)CCn1c(CCl)nc2cc(Cl)cnc21. The lowest BCUT2D eigenvalue weighted by Gasteiger charge is -2.12. The average molecular weight is 329 g/mol. The van der Waals surface area contributed by atoms with Gasteiger partial charge in [0.15, 0.2) is 5.65 Å². The van der Waals surface area contributed by atoms with Crippen LogP contribution in [0.4, 0.5) is 0 Å². The predicted octanol–water partition coefficient (Wildman–Crippen LogP) is 3.13. The molecular weight excluding hydrogens is 311 g/mol. The first-order valence-electron chi connectivity index (χ1n) is 6.91. The summed E-state index contributed by atoms with van der Waals surface area (Å²) < 4.78 is 1.87. The molecular formula is C14H18Cl2N4O. The van der Waals surface area contributed by atoms with Crippen LogP contribution in [0.15, 0.2) is 12.3 Å². The van der Waals surface area contributed by atoms with E-state index in [1.54, 1.807) is 12.3 Å². The van der Waals surface area contributed by atoms with Crippen LogP contribution in [0.1, 0.15) is 32.5 Å². The maximum atomic E-state index is 11.9. The molecule has 2 aromatic heterocycles. The van der Waals surface area contributed by atoms with Crippen molar-refractivity contribution in [3.63, 3.8) is 0 Å². The van der Waals surface area contributed by atoms with Crippen molar-refractivity contribution in [2.75, 3.05) is 0 Å². The van der Waals surface area contributed by atoms with Crippen molar-refractivity contribution in [2.45, 2.75) is 45.2 Å². The van der Waals surface area contributed by atoms with Crippen LogP contribution in [-0.4, -0.2) is 26.5 Å². The van der Waals surface area contributed by atoms with E-state index >= 15 is 0 Å². The highest BCUT2D eigenvalue weighted by Crippen LogP contribution is 2.19. The van der Waals surface area contributed by atoms with Crippen LogP contribution in [0.5, 0.6) is 0 Å². The van der Waals surface area contributed by atoms with E-state index in [1.165, 1.54) is 0 Å². The highest BCUT2D eigenvalue weighted by molar-refractivity contribution is 6.31. The van der Waals surface area contributed by atoms with Gasteiger partial charge in [-0.15, -0.1) is 11.6 Å². The van der Waals surface area contributed by atoms with Crippen LogP contribution in [0.2, 0.25) is 5.02 Å². The zero-order valence-electron chi connectivity index (χ0n) is 12.1. The Morgan fingerprint density at radius 2 is 2.29 bits per heavy atom. The minimum Gasteiger partial charge on any atom is -0.354 e. The van der Waals surface area contributed by atoms with Crippen LogP contribution < -0.4 is 5.32 Å². The number of carbonyl (C=O) groups is 1. The molecule has 2 aromatic rings. The Kier molecular flexibility index (Phi) is 5.42. The largest absolute Gasteiger partial charge is 0.354 e. The molecule has 0 spiro atoms. The molecule has 21 heavy (non-hydrogen) atoms. The second kappa shape index (κ2) is 7.09. The molecule has 1 amide bonds.